The molecule has 21 heavy (non-hydrogen) atoms. The lowest BCUT2D eigenvalue weighted by Crippen LogP contribution is -2.44. The zero-order valence-electron chi connectivity index (χ0n) is 11.9. The summed E-state index contributed by atoms with van der Waals surface area (Å²) in [6.07, 6.45) is 4.44. The minimum Gasteiger partial charge on any atom is -0.480 e. The molecule has 5 heteroatoms. The molecule has 1 aliphatic rings. The highest BCUT2D eigenvalue weighted by Gasteiger charge is 2.24. The number of carbonyl (C=O) groups is 2. The van der Waals surface area contributed by atoms with Crippen molar-refractivity contribution in [2.45, 2.75) is 25.3 Å². The molecule has 0 spiro atoms. The normalized spacial score (nSPS) is 16.7. The minimum absolute atomic E-state index is 0.0523. The van der Waals surface area contributed by atoms with Crippen LogP contribution in [0.15, 0.2) is 36.9 Å². The highest BCUT2D eigenvalue weighted by molar-refractivity contribution is 5.80. The van der Waals surface area contributed by atoms with Crippen molar-refractivity contribution in [3.63, 3.8) is 0 Å². The largest absolute Gasteiger partial charge is 0.480 e. The van der Waals surface area contributed by atoms with Crippen LogP contribution >= 0.6 is 0 Å². The van der Waals surface area contributed by atoms with Crippen LogP contribution in [-0.4, -0.2) is 35.1 Å². The maximum atomic E-state index is 12.3. The Labute approximate surface area is 124 Å². The van der Waals surface area contributed by atoms with E-state index in [0.717, 1.165) is 24.8 Å². The number of carbonyl (C=O) groups excluding carboxylic acids is 1. The molecule has 0 saturated carbocycles. The molecule has 0 radical (unpaired) electrons. The number of nitrogens with zero attached hydrogens (tertiary/aromatic N) is 1. The summed E-state index contributed by atoms with van der Waals surface area (Å²) in [5.41, 5.74) is 2.38. The number of urea groups is 1. The highest BCUT2D eigenvalue weighted by Crippen LogP contribution is 2.29. The second-order valence-electron chi connectivity index (χ2n) is 5.16. The standard InChI is InChI=1S/C16H20N2O3/c1-2-10-18(11-15(19)20)16(21)17-14-9-5-7-12-6-3-4-8-13(12)14/h2-4,6,8,14H,1,5,7,9-11H2,(H,17,21)(H,19,20). The first kappa shape index (κ1) is 15.1. The number of carboxylic acid groups (broad SMARTS) is 1. The quantitative estimate of drug-likeness (QED) is 0.817. The molecule has 1 unspecified atom stereocenters. The Morgan fingerprint density at radius 2 is 2.19 bits per heavy atom. The van der Waals surface area contributed by atoms with Crippen LogP contribution in [0.2, 0.25) is 0 Å². The van der Waals surface area contributed by atoms with E-state index in [1.54, 1.807) is 0 Å². The number of carboxylic acids is 1. The molecule has 1 aromatic carbocycles. The van der Waals surface area contributed by atoms with Crippen molar-refractivity contribution >= 4 is 12.0 Å². The zero-order valence-corrected chi connectivity index (χ0v) is 11.9. The van der Waals surface area contributed by atoms with E-state index in [0.29, 0.717) is 0 Å². The van der Waals surface area contributed by atoms with Gasteiger partial charge < -0.3 is 15.3 Å². The summed E-state index contributed by atoms with van der Waals surface area (Å²) in [4.78, 5) is 24.3. The Kier molecular flexibility index (Phi) is 4.98. The second-order valence-corrected chi connectivity index (χ2v) is 5.16. The Bertz CT molecular complexity index is 542. The SMILES string of the molecule is C=CCN(CC(=O)O)C(=O)NC1CCCc2ccccc21. The number of fused-ring (bicyclic) bond motifs is 1. The van der Waals surface area contributed by atoms with Gasteiger partial charge >= 0.3 is 12.0 Å². The first-order chi connectivity index (χ1) is 10.1. The van der Waals surface area contributed by atoms with Crippen molar-refractivity contribution < 1.29 is 14.7 Å². The van der Waals surface area contributed by atoms with Gasteiger partial charge in [-0.1, -0.05) is 30.3 Å². The fourth-order valence-electron chi connectivity index (χ4n) is 2.68. The van der Waals surface area contributed by atoms with Crippen LogP contribution in [-0.2, 0) is 11.2 Å². The molecule has 2 N–H and O–H groups in total. The van der Waals surface area contributed by atoms with E-state index in [4.69, 9.17) is 5.11 Å². The average Bonchev–Trinajstić information content (AvgIpc) is 2.47. The van der Waals surface area contributed by atoms with E-state index in [-0.39, 0.29) is 25.2 Å². The second kappa shape index (κ2) is 6.92. The van der Waals surface area contributed by atoms with Crippen molar-refractivity contribution in [2.75, 3.05) is 13.1 Å². The van der Waals surface area contributed by atoms with Crippen molar-refractivity contribution in [3.8, 4) is 0 Å². The molecule has 0 aliphatic heterocycles. The molecule has 0 fully saturated rings. The summed E-state index contributed by atoms with van der Waals surface area (Å²) in [6.45, 7) is 3.45. The van der Waals surface area contributed by atoms with Gasteiger partial charge in [0.05, 0.1) is 6.04 Å². The van der Waals surface area contributed by atoms with E-state index in [2.05, 4.69) is 18.0 Å². The first-order valence-electron chi connectivity index (χ1n) is 7.07. The predicted molar refractivity (Wildman–Crippen MR) is 80.1 cm³/mol. The van der Waals surface area contributed by atoms with E-state index in [1.165, 1.54) is 16.5 Å². The van der Waals surface area contributed by atoms with Crippen LogP contribution in [0.3, 0.4) is 0 Å². The molecule has 0 saturated heterocycles. The number of hydrogen-bond acceptors (Lipinski definition) is 2. The number of benzene rings is 1. The third-order valence-corrected chi connectivity index (χ3v) is 3.63. The molecule has 2 amide bonds. The first-order valence-corrected chi connectivity index (χ1v) is 7.07. The molecular formula is C16H20N2O3. The smallest absolute Gasteiger partial charge is 0.323 e. The third kappa shape index (κ3) is 3.84. The lowest BCUT2D eigenvalue weighted by Gasteiger charge is -2.29. The summed E-state index contributed by atoms with van der Waals surface area (Å²) in [5, 5.41) is 11.8. The van der Waals surface area contributed by atoms with Gasteiger partial charge in [0.1, 0.15) is 6.54 Å². The fraction of sp³-hybridized carbons (Fsp3) is 0.375. The number of nitrogens with one attached hydrogen (secondary N) is 1. The van der Waals surface area contributed by atoms with E-state index in [9.17, 15) is 9.59 Å². The summed E-state index contributed by atoms with van der Waals surface area (Å²) < 4.78 is 0. The van der Waals surface area contributed by atoms with Crippen molar-refractivity contribution in [2.24, 2.45) is 0 Å². The number of aliphatic carboxylic acids is 1. The van der Waals surface area contributed by atoms with Crippen molar-refractivity contribution in [3.05, 3.63) is 48.0 Å². The minimum atomic E-state index is -1.03. The zero-order chi connectivity index (χ0) is 15.2. The number of hydrogen-bond donors (Lipinski definition) is 2. The lowest BCUT2D eigenvalue weighted by atomic mass is 9.88. The fourth-order valence-corrected chi connectivity index (χ4v) is 2.68. The Morgan fingerprint density at radius 1 is 1.43 bits per heavy atom. The predicted octanol–water partition coefficient (Wildman–Crippen LogP) is 2.35. The molecular weight excluding hydrogens is 268 g/mol. The summed E-state index contributed by atoms with van der Waals surface area (Å²) in [6, 6.07) is 7.64. The number of rotatable bonds is 5. The molecule has 0 heterocycles. The van der Waals surface area contributed by atoms with Crippen LogP contribution in [0.5, 0.6) is 0 Å². The lowest BCUT2D eigenvalue weighted by molar-refractivity contribution is -0.137. The molecule has 0 aromatic heterocycles. The van der Waals surface area contributed by atoms with Gasteiger partial charge in [-0.25, -0.2) is 4.79 Å². The topological polar surface area (TPSA) is 69.6 Å². The molecule has 2 rings (SSSR count). The highest BCUT2D eigenvalue weighted by atomic mass is 16.4. The van der Waals surface area contributed by atoms with Gasteiger partial charge in [-0.2, -0.15) is 0 Å². The van der Waals surface area contributed by atoms with Crippen molar-refractivity contribution in [1.29, 1.82) is 0 Å². The van der Waals surface area contributed by atoms with Gasteiger partial charge in [-0.05, 0) is 30.4 Å². The van der Waals surface area contributed by atoms with Gasteiger partial charge in [-0.3, -0.25) is 4.79 Å². The van der Waals surface area contributed by atoms with Gasteiger partial charge in [0, 0.05) is 6.54 Å². The molecule has 1 aliphatic carbocycles. The van der Waals surface area contributed by atoms with Crippen LogP contribution in [0, 0.1) is 0 Å². The van der Waals surface area contributed by atoms with Crippen LogP contribution in [0.1, 0.15) is 30.0 Å². The molecule has 1 atom stereocenters. The van der Waals surface area contributed by atoms with Crippen LogP contribution in [0.4, 0.5) is 4.79 Å². The van der Waals surface area contributed by atoms with Gasteiger partial charge in [-0.15, -0.1) is 6.58 Å². The van der Waals surface area contributed by atoms with E-state index in [1.807, 2.05) is 18.2 Å². The Hall–Kier alpha value is -2.30. The molecule has 0 bridgehead atoms. The Morgan fingerprint density at radius 3 is 2.90 bits per heavy atom. The van der Waals surface area contributed by atoms with Gasteiger partial charge in [0.2, 0.25) is 0 Å². The Balaban J connectivity index is 2.08. The van der Waals surface area contributed by atoms with Crippen molar-refractivity contribution in [1.82, 2.24) is 10.2 Å². The van der Waals surface area contributed by atoms with E-state index >= 15 is 0 Å². The summed E-state index contributed by atoms with van der Waals surface area (Å²) in [7, 11) is 0. The number of amides is 2. The molecule has 1 aromatic rings. The maximum absolute atomic E-state index is 12.3. The summed E-state index contributed by atoms with van der Waals surface area (Å²) >= 11 is 0. The third-order valence-electron chi connectivity index (χ3n) is 3.63. The molecule has 5 nitrogen and oxygen atoms in total. The van der Waals surface area contributed by atoms with Crippen LogP contribution < -0.4 is 5.32 Å². The molecule has 112 valence electrons. The maximum Gasteiger partial charge on any atom is 0.323 e. The van der Waals surface area contributed by atoms with Gasteiger partial charge in [0.25, 0.3) is 0 Å². The summed E-state index contributed by atoms with van der Waals surface area (Å²) in [5.74, 6) is -1.03. The number of aryl methyl sites for hydroxylation is 1. The average molecular weight is 288 g/mol. The van der Waals surface area contributed by atoms with Gasteiger partial charge in [0.15, 0.2) is 0 Å². The van der Waals surface area contributed by atoms with E-state index < -0.39 is 5.97 Å². The monoisotopic (exact) mass is 288 g/mol. The van der Waals surface area contributed by atoms with Crippen LogP contribution in [0.25, 0.3) is 0 Å².